The number of carbonyl (C=O) groups excluding carboxylic acids is 1. The van der Waals surface area contributed by atoms with Gasteiger partial charge in [-0.3, -0.25) is 4.98 Å². The van der Waals surface area contributed by atoms with E-state index < -0.39 is 0 Å². The van der Waals surface area contributed by atoms with E-state index in [1.165, 1.54) is 0 Å². The minimum absolute atomic E-state index is 0.0351. The van der Waals surface area contributed by atoms with Crippen LogP contribution in [-0.4, -0.2) is 54.0 Å². The first-order valence-corrected chi connectivity index (χ1v) is 8.90. The number of hydrogen-bond donors (Lipinski definition) is 1. The zero-order chi connectivity index (χ0) is 17.6. The average Bonchev–Trinajstić information content (AvgIpc) is 2.86. The highest BCUT2D eigenvalue weighted by molar-refractivity contribution is 6.30. The van der Waals surface area contributed by atoms with E-state index in [1.54, 1.807) is 12.4 Å². The molecule has 1 saturated heterocycles. The van der Waals surface area contributed by atoms with E-state index in [2.05, 4.69) is 22.2 Å². The van der Waals surface area contributed by atoms with Crippen LogP contribution in [0, 0.1) is 0 Å². The summed E-state index contributed by atoms with van der Waals surface area (Å²) in [5, 5.41) is 3.86. The first kappa shape index (κ1) is 17.7. The van der Waals surface area contributed by atoms with Crippen molar-refractivity contribution in [1.82, 2.24) is 20.1 Å². The Morgan fingerprint density at radius 2 is 1.72 bits per heavy atom. The molecule has 0 unspecified atom stereocenters. The Labute approximate surface area is 153 Å². The van der Waals surface area contributed by atoms with Crippen molar-refractivity contribution in [2.24, 2.45) is 0 Å². The summed E-state index contributed by atoms with van der Waals surface area (Å²) < 4.78 is 0. The van der Waals surface area contributed by atoms with Gasteiger partial charge in [-0.1, -0.05) is 23.7 Å². The maximum atomic E-state index is 12.8. The summed E-state index contributed by atoms with van der Waals surface area (Å²) in [6.45, 7) is 3.44. The molecule has 0 aliphatic carbocycles. The Bertz CT molecular complexity index is 692. The van der Waals surface area contributed by atoms with Gasteiger partial charge in [0.25, 0.3) is 0 Å². The SMILES string of the molecule is CN1CCCN(C(=O)N[C@H](c2ccncc2)c2ccc(Cl)cc2)CC1. The number of aromatic nitrogens is 1. The predicted octanol–water partition coefficient (Wildman–Crippen LogP) is 3.17. The Morgan fingerprint density at radius 3 is 2.44 bits per heavy atom. The van der Waals surface area contributed by atoms with Gasteiger partial charge in [-0.05, 0) is 55.4 Å². The highest BCUT2D eigenvalue weighted by Gasteiger charge is 2.22. The molecule has 0 bridgehead atoms. The van der Waals surface area contributed by atoms with E-state index in [0.29, 0.717) is 5.02 Å². The molecule has 132 valence electrons. The van der Waals surface area contributed by atoms with E-state index >= 15 is 0 Å². The molecule has 2 amide bonds. The third kappa shape index (κ3) is 4.71. The fraction of sp³-hybridized carbons (Fsp3) is 0.368. The molecule has 0 radical (unpaired) electrons. The van der Waals surface area contributed by atoms with Crippen LogP contribution in [0.15, 0.2) is 48.8 Å². The highest BCUT2D eigenvalue weighted by Crippen LogP contribution is 2.23. The zero-order valence-corrected chi connectivity index (χ0v) is 15.1. The van der Waals surface area contributed by atoms with Crippen molar-refractivity contribution in [1.29, 1.82) is 0 Å². The van der Waals surface area contributed by atoms with Crippen molar-refractivity contribution >= 4 is 17.6 Å². The van der Waals surface area contributed by atoms with Crippen LogP contribution < -0.4 is 5.32 Å². The monoisotopic (exact) mass is 358 g/mol. The predicted molar refractivity (Wildman–Crippen MR) is 99.8 cm³/mol. The molecule has 3 rings (SSSR count). The van der Waals surface area contributed by atoms with E-state index in [1.807, 2.05) is 41.3 Å². The third-order valence-electron chi connectivity index (χ3n) is 4.52. The molecule has 1 aliphatic heterocycles. The van der Waals surface area contributed by atoms with Gasteiger partial charge < -0.3 is 15.1 Å². The molecule has 1 aromatic carbocycles. The summed E-state index contributed by atoms with van der Waals surface area (Å²) in [6.07, 6.45) is 4.47. The van der Waals surface area contributed by atoms with E-state index in [-0.39, 0.29) is 12.1 Å². The van der Waals surface area contributed by atoms with Crippen molar-refractivity contribution in [3.8, 4) is 0 Å². The number of halogens is 1. The van der Waals surface area contributed by atoms with Crippen molar-refractivity contribution in [2.75, 3.05) is 33.2 Å². The molecule has 2 heterocycles. The topological polar surface area (TPSA) is 48.5 Å². The van der Waals surface area contributed by atoms with Crippen molar-refractivity contribution in [3.05, 3.63) is 64.9 Å². The zero-order valence-electron chi connectivity index (χ0n) is 14.4. The molecular weight excluding hydrogens is 336 g/mol. The molecule has 0 saturated carbocycles. The van der Waals surface area contributed by atoms with E-state index in [4.69, 9.17) is 11.6 Å². The minimum atomic E-state index is -0.228. The smallest absolute Gasteiger partial charge is 0.318 e. The quantitative estimate of drug-likeness (QED) is 0.916. The highest BCUT2D eigenvalue weighted by atomic mass is 35.5. The normalized spacial score (nSPS) is 17.0. The van der Waals surface area contributed by atoms with Crippen LogP contribution in [0.5, 0.6) is 0 Å². The standard InChI is InChI=1S/C19H23ClN4O/c1-23-11-2-12-24(14-13-23)19(25)22-18(16-7-9-21-10-8-16)15-3-5-17(20)6-4-15/h3-10,18H,2,11-14H2,1H3,(H,22,25)/t18-/m0/s1. The number of pyridine rings is 1. The molecule has 1 aliphatic rings. The van der Waals surface area contributed by atoms with Crippen LogP contribution in [0.4, 0.5) is 4.79 Å². The Kier molecular flexibility index (Phi) is 5.89. The van der Waals surface area contributed by atoms with Gasteiger partial charge in [-0.2, -0.15) is 0 Å². The molecule has 0 spiro atoms. The van der Waals surface area contributed by atoms with Gasteiger partial charge in [0.2, 0.25) is 0 Å². The number of amides is 2. The minimum Gasteiger partial charge on any atom is -0.327 e. The Morgan fingerprint density at radius 1 is 1.04 bits per heavy atom. The molecule has 1 fully saturated rings. The van der Waals surface area contributed by atoms with Crippen LogP contribution >= 0.6 is 11.6 Å². The molecule has 1 atom stereocenters. The van der Waals surface area contributed by atoms with Gasteiger partial charge in [0.05, 0.1) is 6.04 Å². The van der Waals surface area contributed by atoms with Crippen molar-refractivity contribution in [3.63, 3.8) is 0 Å². The number of benzene rings is 1. The first-order valence-electron chi connectivity index (χ1n) is 8.53. The van der Waals surface area contributed by atoms with Crippen molar-refractivity contribution in [2.45, 2.75) is 12.5 Å². The fourth-order valence-electron chi connectivity index (χ4n) is 3.03. The Balaban J connectivity index is 1.80. The molecule has 5 nitrogen and oxygen atoms in total. The van der Waals surface area contributed by atoms with Gasteiger partial charge in [0, 0.05) is 37.1 Å². The lowest BCUT2D eigenvalue weighted by Crippen LogP contribution is -2.43. The second kappa shape index (κ2) is 8.32. The number of rotatable bonds is 3. The largest absolute Gasteiger partial charge is 0.327 e. The van der Waals surface area contributed by atoms with Gasteiger partial charge in [-0.15, -0.1) is 0 Å². The second-order valence-corrected chi connectivity index (χ2v) is 6.79. The lowest BCUT2D eigenvalue weighted by atomic mass is 10.00. The van der Waals surface area contributed by atoms with E-state index in [0.717, 1.165) is 43.7 Å². The Hall–Kier alpha value is -2.11. The average molecular weight is 359 g/mol. The lowest BCUT2D eigenvalue weighted by Gasteiger charge is -2.26. The summed E-state index contributed by atoms with van der Waals surface area (Å²) in [6, 6.07) is 11.2. The van der Waals surface area contributed by atoms with E-state index in [9.17, 15) is 4.79 Å². The summed E-state index contributed by atoms with van der Waals surface area (Å²) in [7, 11) is 2.09. The molecule has 6 heteroatoms. The number of urea groups is 1. The number of carbonyl (C=O) groups is 1. The van der Waals surface area contributed by atoms with Gasteiger partial charge in [-0.25, -0.2) is 4.79 Å². The number of nitrogens with one attached hydrogen (secondary N) is 1. The number of likely N-dealkylation sites (N-methyl/N-ethyl adjacent to an activating group) is 1. The van der Waals surface area contributed by atoms with Gasteiger partial charge in [0.1, 0.15) is 0 Å². The molecule has 2 aromatic rings. The van der Waals surface area contributed by atoms with Crippen LogP contribution in [-0.2, 0) is 0 Å². The van der Waals surface area contributed by atoms with Crippen LogP contribution in [0.1, 0.15) is 23.6 Å². The lowest BCUT2D eigenvalue weighted by molar-refractivity contribution is 0.197. The number of hydrogen-bond acceptors (Lipinski definition) is 3. The molecule has 1 N–H and O–H groups in total. The number of nitrogens with zero attached hydrogens (tertiary/aromatic N) is 3. The second-order valence-electron chi connectivity index (χ2n) is 6.36. The molecular formula is C19H23ClN4O. The molecule has 1 aromatic heterocycles. The summed E-state index contributed by atoms with van der Waals surface area (Å²) >= 11 is 6.01. The fourth-order valence-corrected chi connectivity index (χ4v) is 3.16. The van der Waals surface area contributed by atoms with Gasteiger partial charge in [0.15, 0.2) is 0 Å². The van der Waals surface area contributed by atoms with Gasteiger partial charge >= 0.3 is 6.03 Å². The molecule has 25 heavy (non-hydrogen) atoms. The summed E-state index contributed by atoms with van der Waals surface area (Å²) in [5.74, 6) is 0. The van der Waals surface area contributed by atoms with Crippen LogP contribution in [0.25, 0.3) is 0 Å². The van der Waals surface area contributed by atoms with Crippen molar-refractivity contribution < 1.29 is 4.79 Å². The van der Waals surface area contributed by atoms with Crippen LogP contribution in [0.2, 0.25) is 5.02 Å². The van der Waals surface area contributed by atoms with Crippen LogP contribution in [0.3, 0.4) is 0 Å². The maximum Gasteiger partial charge on any atom is 0.318 e. The third-order valence-corrected chi connectivity index (χ3v) is 4.77. The maximum absolute atomic E-state index is 12.8. The summed E-state index contributed by atoms with van der Waals surface area (Å²) in [5.41, 5.74) is 1.99. The first-order chi connectivity index (χ1) is 12.1. The summed E-state index contributed by atoms with van der Waals surface area (Å²) in [4.78, 5) is 21.1.